The summed E-state index contributed by atoms with van der Waals surface area (Å²) in [5, 5.41) is 13.7. The van der Waals surface area contributed by atoms with Crippen LogP contribution in [0.5, 0.6) is 0 Å². The fourth-order valence-corrected chi connectivity index (χ4v) is 2.71. The van der Waals surface area contributed by atoms with Gasteiger partial charge in [0.05, 0.1) is 4.92 Å². The molecule has 0 heterocycles. The molecule has 1 N–H and O–H groups in total. The Kier molecular flexibility index (Phi) is 5.02. The normalized spacial score (nSPS) is 10.4. The first kappa shape index (κ1) is 16.7. The fourth-order valence-electron chi connectivity index (χ4n) is 1.90. The van der Waals surface area contributed by atoms with Crippen LogP contribution in [-0.4, -0.2) is 10.8 Å². The molecule has 114 valence electrons. The number of carbonyl (C=O) groups is 1. The number of nitro benzene ring substituents is 1. The molecule has 0 bridgehead atoms. The van der Waals surface area contributed by atoms with Crippen LogP contribution in [0.2, 0.25) is 5.02 Å². The largest absolute Gasteiger partial charge is 0.322 e. The highest BCUT2D eigenvalue weighted by atomic mass is 127. The Morgan fingerprint density at radius 2 is 1.91 bits per heavy atom. The number of nitrogens with one attached hydrogen (secondary N) is 1. The second-order valence-electron chi connectivity index (χ2n) is 4.79. The molecule has 0 aromatic heterocycles. The van der Waals surface area contributed by atoms with Gasteiger partial charge in [-0.05, 0) is 71.8 Å². The molecule has 2 aromatic rings. The van der Waals surface area contributed by atoms with Crippen molar-refractivity contribution in [1.29, 1.82) is 0 Å². The summed E-state index contributed by atoms with van der Waals surface area (Å²) < 4.78 is 1.11. The minimum atomic E-state index is -0.612. The standard InChI is InChI=1S/C15H12ClIN2O3/c1-8-6-13(9(2)5-12(8)17)18-15(20)10-3-4-11(16)14(7-10)19(21)22/h3-7H,1-2H3,(H,18,20). The quantitative estimate of drug-likeness (QED) is 0.435. The highest BCUT2D eigenvalue weighted by molar-refractivity contribution is 14.1. The van der Waals surface area contributed by atoms with Crippen LogP contribution in [-0.2, 0) is 0 Å². The third kappa shape index (κ3) is 3.56. The van der Waals surface area contributed by atoms with Crippen molar-refractivity contribution in [1.82, 2.24) is 0 Å². The maximum atomic E-state index is 12.3. The lowest BCUT2D eigenvalue weighted by Gasteiger charge is -2.11. The van der Waals surface area contributed by atoms with Crippen molar-refractivity contribution in [3.63, 3.8) is 0 Å². The average Bonchev–Trinajstić information content (AvgIpc) is 2.44. The lowest BCUT2D eigenvalue weighted by Crippen LogP contribution is -2.13. The van der Waals surface area contributed by atoms with Crippen LogP contribution in [0.15, 0.2) is 30.3 Å². The molecule has 22 heavy (non-hydrogen) atoms. The maximum Gasteiger partial charge on any atom is 0.288 e. The molecule has 0 aliphatic heterocycles. The number of rotatable bonds is 3. The molecule has 0 aliphatic carbocycles. The molecule has 5 nitrogen and oxygen atoms in total. The molecule has 0 radical (unpaired) electrons. The summed E-state index contributed by atoms with van der Waals surface area (Å²) in [5.41, 5.74) is 2.55. The zero-order chi connectivity index (χ0) is 16.4. The highest BCUT2D eigenvalue weighted by Gasteiger charge is 2.17. The Balaban J connectivity index is 2.32. The molecule has 1 amide bonds. The topological polar surface area (TPSA) is 72.2 Å². The monoisotopic (exact) mass is 430 g/mol. The molecule has 0 fully saturated rings. The molecule has 7 heteroatoms. The minimum absolute atomic E-state index is 0.00263. The summed E-state index contributed by atoms with van der Waals surface area (Å²) in [6.45, 7) is 3.84. The van der Waals surface area contributed by atoms with Crippen molar-refractivity contribution >= 4 is 51.5 Å². The van der Waals surface area contributed by atoms with Crippen LogP contribution in [0, 0.1) is 27.5 Å². The number of hydrogen-bond donors (Lipinski definition) is 1. The van der Waals surface area contributed by atoms with Gasteiger partial charge in [0.1, 0.15) is 5.02 Å². The van der Waals surface area contributed by atoms with Gasteiger partial charge in [0, 0.05) is 20.9 Å². The van der Waals surface area contributed by atoms with Gasteiger partial charge in [-0.2, -0.15) is 0 Å². The van der Waals surface area contributed by atoms with Crippen LogP contribution < -0.4 is 5.32 Å². The number of hydrogen-bond acceptors (Lipinski definition) is 3. The smallest absolute Gasteiger partial charge is 0.288 e. The number of benzene rings is 2. The number of nitrogens with zero attached hydrogens (tertiary/aromatic N) is 1. The van der Waals surface area contributed by atoms with Crippen LogP contribution in [0.1, 0.15) is 21.5 Å². The van der Waals surface area contributed by atoms with Gasteiger partial charge in [0.2, 0.25) is 0 Å². The molecule has 2 aromatic carbocycles. The molecule has 0 spiro atoms. The van der Waals surface area contributed by atoms with Gasteiger partial charge in [-0.15, -0.1) is 0 Å². The number of aryl methyl sites for hydroxylation is 2. The number of halogens is 2. The van der Waals surface area contributed by atoms with E-state index in [0.717, 1.165) is 14.7 Å². The molecular weight excluding hydrogens is 419 g/mol. The zero-order valence-electron chi connectivity index (χ0n) is 11.8. The number of nitro groups is 1. The molecular formula is C15H12ClIN2O3. The Hall–Kier alpha value is -1.67. The van der Waals surface area contributed by atoms with Gasteiger partial charge >= 0.3 is 0 Å². The van der Waals surface area contributed by atoms with E-state index < -0.39 is 10.8 Å². The van der Waals surface area contributed by atoms with Crippen molar-refractivity contribution in [3.8, 4) is 0 Å². The maximum absolute atomic E-state index is 12.3. The van der Waals surface area contributed by atoms with Gasteiger partial charge in [-0.25, -0.2) is 0 Å². The summed E-state index contributed by atoms with van der Waals surface area (Å²) in [6.07, 6.45) is 0. The number of carbonyl (C=O) groups excluding carboxylic acids is 1. The van der Waals surface area contributed by atoms with Crippen molar-refractivity contribution in [2.75, 3.05) is 5.32 Å². The Morgan fingerprint density at radius 1 is 1.23 bits per heavy atom. The Bertz CT molecular complexity index is 778. The van der Waals surface area contributed by atoms with Crippen molar-refractivity contribution in [2.45, 2.75) is 13.8 Å². The van der Waals surface area contributed by atoms with Crippen LogP contribution >= 0.6 is 34.2 Å². The summed E-state index contributed by atoms with van der Waals surface area (Å²) in [7, 11) is 0. The van der Waals surface area contributed by atoms with Gasteiger partial charge in [0.15, 0.2) is 0 Å². The molecule has 0 aliphatic rings. The third-order valence-corrected chi connectivity index (χ3v) is 4.64. The molecule has 0 saturated heterocycles. The van der Waals surface area contributed by atoms with Crippen molar-refractivity contribution in [3.05, 3.63) is 65.7 Å². The van der Waals surface area contributed by atoms with Gasteiger partial charge in [0.25, 0.3) is 11.6 Å². The van der Waals surface area contributed by atoms with E-state index in [1.807, 2.05) is 26.0 Å². The van der Waals surface area contributed by atoms with Crippen LogP contribution in [0.25, 0.3) is 0 Å². The second-order valence-corrected chi connectivity index (χ2v) is 6.36. The highest BCUT2D eigenvalue weighted by Crippen LogP contribution is 2.26. The van der Waals surface area contributed by atoms with Gasteiger partial charge in [-0.3, -0.25) is 14.9 Å². The van der Waals surface area contributed by atoms with Crippen LogP contribution in [0.3, 0.4) is 0 Å². The van der Waals surface area contributed by atoms with Crippen LogP contribution in [0.4, 0.5) is 11.4 Å². The van der Waals surface area contributed by atoms with Gasteiger partial charge in [-0.1, -0.05) is 11.6 Å². The van der Waals surface area contributed by atoms with Crippen molar-refractivity contribution < 1.29 is 9.72 Å². The average molecular weight is 431 g/mol. The molecule has 0 unspecified atom stereocenters. The van der Waals surface area contributed by atoms with Crippen molar-refractivity contribution in [2.24, 2.45) is 0 Å². The first-order chi connectivity index (χ1) is 10.3. The predicted molar refractivity (Wildman–Crippen MR) is 94.7 cm³/mol. The molecule has 0 saturated carbocycles. The van der Waals surface area contributed by atoms with E-state index >= 15 is 0 Å². The van der Waals surface area contributed by atoms with E-state index in [0.29, 0.717) is 5.69 Å². The Labute approximate surface area is 146 Å². The number of amides is 1. The second kappa shape index (κ2) is 6.62. The van der Waals surface area contributed by atoms with E-state index in [4.69, 9.17) is 11.6 Å². The zero-order valence-corrected chi connectivity index (χ0v) is 14.7. The Morgan fingerprint density at radius 3 is 2.55 bits per heavy atom. The molecule has 2 rings (SSSR count). The van der Waals surface area contributed by atoms with E-state index in [9.17, 15) is 14.9 Å². The SMILES string of the molecule is Cc1cc(NC(=O)c2ccc(Cl)c([N+](=O)[O-])c2)c(C)cc1I. The summed E-state index contributed by atoms with van der Waals surface area (Å²) in [5.74, 6) is -0.413. The van der Waals surface area contributed by atoms with E-state index in [-0.39, 0.29) is 16.3 Å². The summed E-state index contributed by atoms with van der Waals surface area (Å²) in [6, 6.07) is 7.82. The van der Waals surface area contributed by atoms with E-state index in [1.165, 1.54) is 18.2 Å². The summed E-state index contributed by atoms with van der Waals surface area (Å²) in [4.78, 5) is 22.5. The lowest BCUT2D eigenvalue weighted by atomic mass is 10.1. The lowest BCUT2D eigenvalue weighted by molar-refractivity contribution is -0.384. The first-order valence-electron chi connectivity index (χ1n) is 6.31. The minimum Gasteiger partial charge on any atom is -0.322 e. The fraction of sp³-hybridized carbons (Fsp3) is 0.133. The molecule has 0 atom stereocenters. The predicted octanol–water partition coefficient (Wildman–Crippen LogP) is 4.72. The summed E-state index contributed by atoms with van der Waals surface area (Å²) >= 11 is 7.97. The van der Waals surface area contributed by atoms with Gasteiger partial charge < -0.3 is 5.32 Å². The third-order valence-electron chi connectivity index (χ3n) is 3.16. The van der Waals surface area contributed by atoms with E-state index in [2.05, 4.69) is 27.9 Å². The number of anilines is 1. The van der Waals surface area contributed by atoms with E-state index in [1.54, 1.807) is 0 Å². The first-order valence-corrected chi connectivity index (χ1v) is 7.77.